The van der Waals surface area contributed by atoms with Crippen LogP contribution in [0.5, 0.6) is 0 Å². The Morgan fingerprint density at radius 2 is 1.40 bits per heavy atom. The van der Waals surface area contributed by atoms with Gasteiger partial charge in [0.25, 0.3) is 0 Å². The van der Waals surface area contributed by atoms with Crippen LogP contribution in [0.1, 0.15) is 39.5 Å². The first-order valence-electron chi connectivity index (χ1n) is 4.23. The molecule has 0 N–H and O–H groups in total. The van der Waals surface area contributed by atoms with Crippen molar-refractivity contribution < 1.29 is 0 Å². The molecule has 0 unspecified atom stereocenters. The summed E-state index contributed by atoms with van der Waals surface area (Å²) in [6.45, 7) is 4.49. The van der Waals surface area contributed by atoms with Gasteiger partial charge >= 0.3 is 73.3 Å². The maximum absolute atomic E-state index is 5.41. The van der Waals surface area contributed by atoms with Crippen LogP contribution >= 0.6 is 10.4 Å². The van der Waals surface area contributed by atoms with Crippen molar-refractivity contribution in [2.24, 2.45) is 0 Å². The van der Waals surface area contributed by atoms with E-state index in [-0.39, 0.29) is 0 Å². The van der Waals surface area contributed by atoms with E-state index in [1.807, 2.05) is 0 Å². The molecule has 0 atom stereocenters. The topological polar surface area (TPSA) is 0 Å². The van der Waals surface area contributed by atoms with Gasteiger partial charge in [-0.25, -0.2) is 0 Å². The Labute approximate surface area is 73.4 Å². The molecule has 0 nitrogen and oxygen atoms in total. The molecule has 0 spiro atoms. The Bertz CT molecular complexity index is 81.3. The second-order valence-electron chi connectivity index (χ2n) is 2.64. The summed E-state index contributed by atoms with van der Waals surface area (Å²) in [5, 5.41) is 2.80. The van der Waals surface area contributed by atoms with E-state index in [9.17, 15) is 0 Å². The number of hydrogen-bond acceptors (Lipinski definition) is 1. The fourth-order valence-electron chi connectivity index (χ4n) is 0.781. The van der Waals surface area contributed by atoms with Crippen molar-refractivity contribution in [1.29, 1.82) is 0 Å². The molecular formula is C8H18AsS. The van der Waals surface area contributed by atoms with E-state index in [2.05, 4.69) is 13.8 Å². The number of unbranched alkanes of at least 4 members (excludes halogenated alkanes) is 2. The summed E-state index contributed by atoms with van der Waals surface area (Å²) >= 11 is -0.715. The van der Waals surface area contributed by atoms with Gasteiger partial charge in [-0.1, -0.05) is 0 Å². The monoisotopic (exact) mass is 221 g/mol. The minimum atomic E-state index is -0.715. The van der Waals surface area contributed by atoms with Crippen molar-refractivity contribution in [2.75, 3.05) is 0 Å². The summed E-state index contributed by atoms with van der Waals surface area (Å²) in [4.78, 5) is 0. The zero-order valence-electron chi connectivity index (χ0n) is 7.10. The standard InChI is InChI=1S/C8H18AsS/c1-3-5-7-9(10)8-6-4-2/h3-8H2,1-2H3. The molecule has 61 valence electrons. The van der Waals surface area contributed by atoms with Crippen LogP contribution in [0, 0.1) is 0 Å². The van der Waals surface area contributed by atoms with Crippen LogP contribution in [0.25, 0.3) is 0 Å². The van der Waals surface area contributed by atoms with Crippen LogP contribution in [-0.2, 0) is 0 Å². The van der Waals surface area contributed by atoms with Crippen LogP contribution in [0.3, 0.4) is 0 Å². The van der Waals surface area contributed by atoms with Gasteiger partial charge in [-0.15, -0.1) is 0 Å². The molecule has 0 aliphatic rings. The molecule has 0 bridgehead atoms. The quantitative estimate of drug-likeness (QED) is 0.615. The molecule has 0 aromatic carbocycles. The number of hydrogen-bond donors (Lipinski definition) is 0. The molecule has 0 saturated carbocycles. The normalized spacial score (nSPS) is 9.80. The first-order chi connectivity index (χ1) is 4.81. The van der Waals surface area contributed by atoms with E-state index in [4.69, 9.17) is 10.4 Å². The summed E-state index contributed by atoms with van der Waals surface area (Å²) < 4.78 is 0. The van der Waals surface area contributed by atoms with Crippen molar-refractivity contribution in [2.45, 2.75) is 49.9 Å². The first kappa shape index (κ1) is 10.8. The third kappa shape index (κ3) is 6.89. The average molecular weight is 221 g/mol. The van der Waals surface area contributed by atoms with Gasteiger partial charge in [0.2, 0.25) is 0 Å². The van der Waals surface area contributed by atoms with Crippen LogP contribution in [0.2, 0.25) is 10.4 Å². The molecule has 0 aromatic heterocycles. The van der Waals surface area contributed by atoms with Crippen molar-refractivity contribution in [3.8, 4) is 0 Å². The van der Waals surface area contributed by atoms with Gasteiger partial charge in [-0.05, 0) is 0 Å². The molecule has 0 fully saturated rings. The zero-order chi connectivity index (χ0) is 7.82. The van der Waals surface area contributed by atoms with E-state index in [0.29, 0.717) is 0 Å². The third-order valence-electron chi connectivity index (χ3n) is 1.52. The van der Waals surface area contributed by atoms with E-state index < -0.39 is 13.0 Å². The summed E-state index contributed by atoms with van der Waals surface area (Å²) in [6, 6.07) is 0. The molecule has 0 aliphatic heterocycles. The molecule has 2 heteroatoms. The van der Waals surface area contributed by atoms with Crippen molar-refractivity contribution in [3.63, 3.8) is 0 Å². The van der Waals surface area contributed by atoms with E-state index in [0.717, 1.165) is 0 Å². The minimum absolute atomic E-state index is 0.715. The predicted octanol–water partition coefficient (Wildman–Crippen LogP) is 3.78. The molecule has 0 aromatic rings. The van der Waals surface area contributed by atoms with Gasteiger partial charge in [0.05, 0.1) is 0 Å². The van der Waals surface area contributed by atoms with Gasteiger partial charge in [-0.2, -0.15) is 0 Å². The summed E-state index contributed by atoms with van der Waals surface area (Å²) in [6.07, 6.45) is 5.42. The zero-order valence-corrected chi connectivity index (χ0v) is 9.79. The Morgan fingerprint density at radius 3 is 1.70 bits per heavy atom. The molecule has 1 radical (unpaired) electrons. The Kier molecular flexibility index (Phi) is 8.49. The van der Waals surface area contributed by atoms with E-state index in [1.54, 1.807) is 0 Å². The van der Waals surface area contributed by atoms with Gasteiger partial charge in [0, 0.05) is 0 Å². The van der Waals surface area contributed by atoms with Crippen molar-refractivity contribution >= 4 is 23.4 Å². The Balaban J connectivity index is 3.09. The van der Waals surface area contributed by atoms with E-state index in [1.165, 1.54) is 36.1 Å². The van der Waals surface area contributed by atoms with Crippen LogP contribution in [-0.4, -0.2) is 13.0 Å². The Morgan fingerprint density at radius 1 is 1.00 bits per heavy atom. The van der Waals surface area contributed by atoms with Crippen molar-refractivity contribution in [1.82, 2.24) is 0 Å². The SMILES string of the molecule is CCCC[As](=S)CCCC. The average Bonchev–Trinajstić information content (AvgIpc) is 1.97. The third-order valence-corrected chi connectivity index (χ3v) is 6.84. The Hall–Kier alpha value is 0.778. The van der Waals surface area contributed by atoms with E-state index >= 15 is 0 Å². The predicted molar refractivity (Wildman–Crippen MR) is 52.8 cm³/mol. The molecule has 0 heterocycles. The summed E-state index contributed by atoms with van der Waals surface area (Å²) in [5.41, 5.74) is 0. The number of rotatable bonds is 6. The van der Waals surface area contributed by atoms with Crippen LogP contribution in [0.4, 0.5) is 0 Å². The summed E-state index contributed by atoms with van der Waals surface area (Å²) in [7, 11) is 5.41. The van der Waals surface area contributed by atoms with Crippen molar-refractivity contribution in [3.05, 3.63) is 0 Å². The fraction of sp³-hybridized carbons (Fsp3) is 1.00. The van der Waals surface area contributed by atoms with Crippen LogP contribution < -0.4 is 0 Å². The fourth-order valence-corrected chi connectivity index (χ4v) is 5.40. The van der Waals surface area contributed by atoms with Gasteiger partial charge < -0.3 is 0 Å². The van der Waals surface area contributed by atoms with Gasteiger partial charge in [0.1, 0.15) is 0 Å². The molecule has 0 rings (SSSR count). The van der Waals surface area contributed by atoms with Gasteiger partial charge in [0.15, 0.2) is 0 Å². The molecular weight excluding hydrogens is 203 g/mol. The second kappa shape index (κ2) is 7.88. The molecule has 0 aliphatic carbocycles. The summed E-state index contributed by atoms with van der Waals surface area (Å²) in [5.74, 6) is 0. The molecule has 0 amide bonds. The molecule has 0 saturated heterocycles. The van der Waals surface area contributed by atoms with Gasteiger partial charge in [-0.3, -0.25) is 0 Å². The first-order valence-corrected chi connectivity index (χ1v) is 9.55. The van der Waals surface area contributed by atoms with Crippen LogP contribution in [0.15, 0.2) is 0 Å². The maximum atomic E-state index is 5.41. The molecule has 10 heavy (non-hydrogen) atoms. The second-order valence-corrected chi connectivity index (χ2v) is 9.22.